The van der Waals surface area contributed by atoms with Gasteiger partial charge in [0.2, 0.25) is 0 Å². The third-order valence-electron chi connectivity index (χ3n) is 2.68. The van der Waals surface area contributed by atoms with Crippen molar-refractivity contribution in [1.29, 1.82) is 5.26 Å². The number of nitriles is 1. The van der Waals surface area contributed by atoms with E-state index in [0.29, 0.717) is 0 Å². The lowest BCUT2D eigenvalue weighted by Crippen LogP contribution is -2.38. The van der Waals surface area contributed by atoms with Crippen LogP contribution in [0.25, 0.3) is 0 Å². The minimum Gasteiger partial charge on any atom is -0.390 e. The Morgan fingerprint density at radius 1 is 1.12 bits per heavy atom. The highest BCUT2D eigenvalue weighted by Crippen LogP contribution is 2.54. The number of phosphoric acid groups is 1. The number of phosphoric ester groups is 1. The molecule has 0 fully saturated rings. The molecule has 4 N–H and O–H groups in total. The first-order chi connectivity index (χ1) is 11.0. The summed E-state index contributed by atoms with van der Waals surface area (Å²) in [5, 5.41) is 28.6. The third kappa shape index (κ3) is 7.94. The van der Waals surface area contributed by atoms with E-state index in [1.165, 1.54) is 13.8 Å². The van der Waals surface area contributed by atoms with Gasteiger partial charge in [0.05, 0.1) is 25.4 Å². The van der Waals surface area contributed by atoms with Crippen LogP contribution >= 0.6 is 15.4 Å². The smallest absolute Gasteiger partial charge is 0.390 e. The number of ketones is 1. The Bertz CT molecular complexity index is 531. The maximum Gasteiger partial charge on any atom is 0.470 e. The Morgan fingerprint density at radius 3 is 2.00 bits per heavy atom. The lowest BCUT2D eigenvalue weighted by atomic mass is 10.1. The molecule has 3 unspecified atom stereocenters. The van der Waals surface area contributed by atoms with Crippen LogP contribution in [0.2, 0.25) is 0 Å². The molecule has 11 nitrogen and oxygen atoms in total. The minimum absolute atomic E-state index is 0.0246. The molecule has 140 valence electrons. The van der Waals surface area contributed by atoms with Crippen LogP contribution < -0.4 is 0 Å². The molecule has 0 spiro atoms. The molecule has 0 aromatic rings. The van der Waals surface area contributed by atoms with Crippen LogP contribution in [-0.4, -0.2) is 63.5 Å². The van der Waals surface area contributed by atoms with Crippen LogP contribution in [0.15, 0.2) is 0 Å². The van der Waals surface area contributed by atoms with Crippen molar-refractivity contribution in [3.05, 3.63) is 0 Å². The highest BCUT2D eigenvalue weighted by molar-refractivity contribution is 7.55. The fourth-order valence-electron chi connectivity index (χ4n) is 1.63. The SMILES string of the molecule is CCOP(=O)(OCC)C(C#N)CC(O)C(O)C(=O)COP(=O)(O)O. The average Bonchev–Trinajstić information content (AvgIpc) is 2.48. The second-order valence-electron chi connectivity index (χ2n) is 4.50. The van der Waals surface area contributed by atoms with Crippen molar-refractivity contribution in [3.8, 4) is 6.07 Å². The predicted molar refractivity (Wildman–Crippen MR) is 79.9 cm³/mol. The largest absolute Gasteiger partial charge is 0.470 e. The second-order valence-corrected chi connectivity index (χ2v) is 7.96. The summed E-state index contributed by atoms with van der Waals surface area (Å²) in [5.41, 5.74) is -1.45. The van der Waals surface area contributed by atoms with Crippen LogP contribution in [0.3, 0.4) is 0 Å². The van der Waals surface area contributed by atoms with Gasteiger partial charge in [0.15, 0.2) is 11.4 Å². The number of hydrogen-bond acceptors (Lipinski definition) is 9. The van der Waals surface area contributed by atoms with E-state index in [2.05, 4.69) is 4.52 Å². The van der Waals surface area contributed by atoms with Crippen LogP contribution in [0.5, 0.6) is 0 Å². The summed E-state index contributed by atoms with van der Waals surface area (Å²) in [6.07, 6.45) is -4.54. The van der Waals surface area contributed by atoms with Crippen molar-refractivity contribution in [2.24, 2.45) is 0 Å². The van der Waals surface area contributed by atoms with E-state index >= 15 is 0 Å². The van der Waals surface area contributed by atoms with Crippen LogP contribution in [0.4, 0.5) is 0 Å². The molecule has 0 heterocycles. The summed E-state index contributed by atoms with van der Waals surface area (Å²) in [4.78, 5) is 28.5. The molecule has 0 bridgehead atoms. The topological polar surface area (TPSA) is 184 Å². The normalized spacial score (nSPS) is 16.2. The van der Waals surface area contributed by atoms with Gasteiger partial charge in [-0.1, -0.05) is 0 Å². The molecule has 0 aromatic carbocycles. The van der Waals surface area contributed by atoms with Gasteiger partial charge in [-0.05, 0) is 13.8 Å². The number of Topliss-reactive ketones (excluding diaryl/α,β-unsaturated/α-hetero) is 1. The molecule has 3 atom stereocenters. The van der Waals surface area contributed by atoms with E-state index in [1.807, 2.05) is 0 Å². The maximum atomic E-state index is 12.5. The molecule has 0 aliphatic heterocycles. The number of hydrogen-bond donors (Lipinski definition) is 4. The summed E-state index contributed by atoms with van der Waals surface area (Å²) in [5.74, 6) is -1.22. The van der Waals surface area contributed by atoms with Gasteiger partial charge < -0.3 is 29.0 Å². The van der Waals surface area contributed by atoms with Crippen LogP contribution in [-0.2, 0) is 27.5 Å². The molecule has 0 radical (unpaired) electrons. The number of carbonyl (C=O) groups is 1. The summed E-state index contributed by atoms with van der Waals surface area (Å²) >= 11 is 0. The highest BCUT2D eigenvalue weighted by atomic mass is 31.2. The summed E-state index contributed by atoms with van der Waals surface area (Å²) in [6.45, 7) is 1.85. The molecule has 13 heteroatoms. The molecular weight excluding hydrogens is 368 g/mol. The van der Waals surface area contributed by atoms with Crippen molar-refractivity contribution in [1.82, 2.24) is 0 Å². The van der Waals surface area contributed by atoms with E-state index in [9.17, 15) is 24.1 Å². The maximum absolute atomic E-state index is 12.5. The minimum atomic E-state index is -4.92. The van der Waals surface area contributed by atoms with Gasteiger partial charge in [0.25, 0.3) is 0 Å². The van der Waals surface area contributed by atoms with E-state index in [0.717, 1.165) is 0 Å². The Labute approximate surface area is 138 Å². The monoisotopic (exact) mass is 389 g/mol. The van der Waals surface area contributed by atoms with Crippen molar-refractivity contribution < 1.29 is 47.5 Å². The molecule has 0 saturated heterocycles. The first-order valence-corrected chi connectivity index (χ1v) is 10.0. The van der Waals surface area contributed by atoms with Gasteiger partial charge in [-0.15, -0.1) is 0 Å². The Balaban J connectivity index is 4.94. The lowest BCUT2D eigenvalue weighted by molar-refractivity contribution is -0.135. The van der Waals surface area contributed by atoms with Crippen molar-refractivity contribution in [2.45, 2.75) is 38.1 Å². The van der Waals surface area contributed by atoms with Crippen molar-refractivity contribution >= 4 is 21.2 Å². The van der Waals surface area contributed by atoms with Gasteiger partial charge in [-0.3, -0.25) is 13.9 Å². The van der Waals surface area contributed by atoms with Crippen LogP contribution in [0, 0.1) is 11.3 Å². The molecule has 24 heavy (non-hydrogen) atoms. The number of carbonyl (C=O) groups excluding carboxylic acids is 1. The van der Waals surface area contributed by atoms with Gasteiger partial charge in [0.1, 0.15) is 12.7 Å². The fourth-order valence-corrected chi connectivity index (χ4v) is 3.70. The molecular formula is C11H21NO10P2. The van der Waals surface area contributed by atoms with Gasteiger partial charge in [-0.2, -0.15) is 5.26 Å². The number of aliphatic hydroxyl groups excluding tert-OH is 2. The van der Waals surface area contributed by atoms with Gasteiger partial charge in [-0.25, -0.2) is 4.57 Å². The Morgan fingerprint density at radius 2 is 1.62 bits per heavy atom. The van der Waals surface area contributed by atoms with E-state index in [4.69, 9.17) is 24.1 Å². The summed E-state index contributed by atoms with van der Waals surface area (Å²) in [7, 11) is -8.81. The summed E-state index contributed by atoms with van der Waals surface area (Å²) in [6, 6.07) is 1.64. The molecule has 0 aliphatic carbocycles. The van der Waals surface area contributed by atoms with E-state index in [-0.39, 0.29) is 13.2 Å². The molecule has 0 aromatic heterocycles. The Kier molecular flexibility index (Phi) is 10.1. The quantitative estimate of drug-likeness (QED) is 0.328. The van der Waals surface area contributed by atoms with Crippen molar-refractivity contribution in [2.75, 3.05) is 19.8 Å². The van der Waals surface area contributed by atoms with Gasteiger partial charge >= 0.3 is 15.4 Å². The number of aliphatic hydroxyl groups is 2. The fraction of sp³-hybridized carbons (Fsp3) is 0.818. The first kappa shape index (κ1) is 23.3. The number of nitrogens with zero attached hydrogens (tertiary/aromatic N) is 1. The van der Waals surface area contributed by atoms with Gasteiger partial charge in [0, 0.05) is 6.42 Å². The lowest BCUT2D eigenvalue weighted by Gasteiger charge is -2.24. The second kappa shape index (κ2) is 10.4. The van der Waals surface area contributed by atoms with Crippen molar-refractivity contribution in [3.63, 3.8) is 0 Å². The predicted octanol–water partition coefficient (Wildman–Crippen LogP) is -0.0650. The van der Waals surface area contributed by atoms with E-state index < -0.39 is 52.1 Å². The average molecular weight is 389 g/mol. The molecule has 0 saturated carbocycles. The zero-order valence-electron chi connectivity index (χ0n) is 13.1. The van der Waals surface area contributed by atoms with Crippen LogP contribution in [0.1, 0.15) is 20.3 Å². The number of rotatable bonds is 12. The zero-order chi connectivity index (χ0) is 19.0. The Hall–Kier alpha value is -0.660. The summed E-state index contributed by atoms with van der Waals surface area (Å²) < 4.78 is 36.8. The first-order valence-electron chi connectivity index (χ1n) is 6.88. The zero-order valence-corrected chi connectivity index (χ0v) is 14.9. The van der Waals surface area contributed by atoms with E-state index in [1.54, 1.807) is 6.07 Å². The highest BCUT2D eigenvalue weighted by Gasteiger charge is 2.39. The standard InChI is InChI=1S/C11H21NO10P2/c1-3-20-23(16,21-4-2)8(6-12)5-9(13)11(15)10(14)7-22-24(17,18)19/h8-9,11,13,15H,3-5,7H2,1-2H3,(H2,17,18,19). The molecule has 0 amide bonds. The molecule has 0 aliphatic rings. The third-order valence-corrected chi connectivity index (χ3v) is 5.47. The molecule has 0 rings (SSSR count).